The summed E-state index contributed by atoms with van der Waals surface area (Å²) in [4.78, 5) is 26.0. The highest BCUT2D eigenvalue weighted by Crippen LogP contribution is 2.20. The molecule has 1 aliphatic rings. The van der Waals surface area contributed by atoms with Crippen LogP contribution in [0, 0.1) is 0 Å². The number of rotatable bonds is 3. The average Bonchev–Trinajstić information content (AvgIpc) is 3.22. The molecule has 0 spiro atoms. The molecule has 1 fully saturated rings. The number of hydrogen-bond acceptors (Lipinski definition) is 6. The van der Waals surface area contributed by atoms with Gasteiger partial charge in [0.25, 0.3) is 5.91 Å². The Bertz CT molecular complexity index is 855. The summed E-state index contributed by atoms with van der Waals surface area (Å²) < 4.78 is 6.24. The van der Waals surface area contributed by atoms with Crippen molar-refractivity contribution in [1.29, 1.82) is 0 Å². The number of carbonyl (C=O) groups excluding carboxylic acids is 1. The highest BCUT2D eigenvalue weighted by atomic mass is 32.1. The first kappa shape index (κ1) is 16.0. The van der Waals surface area contributed by atoms with Gasteiger partial charge in [0, 0.05) is 56.5 Å². The summed E-state index contributed by atoms with van der Waals surface area (Å²) >= 11 is 1.44. The quantitative estimate of drug-likeness (QED) is 0.719. The van der Waals surface area contributed by atoms with Crippen molar-refractivity contribution in [2.24, 2.45) is 0 Å². The number of nitrogens with zero attached hydrogens (tertiary/aromatic N) is 6. The predicted octanol–water partition coefficient (Wildman–Crippen LogP) is 2.10. The van der Waals surface area contributed by atoms with Crippen molar-refractivity contribution in [3.8, 4) is 0 Å². The van der Waals surface area contributed by atoms with Crippen LogP contribution in [-0.2, 0) is 6.42 Å². The van der Waals surface area contributed by atoms with E-state index in [4.69, 9.17) is 0 Å². The largest absolute Gasteiger partial charge is 0.345 e. The molecule has 0 bridgehead atoms. The van der Waals surface area contributed by atoms with E-state index in [0.717, 1.165) is 49.1 Å². The predicted molar refractivity (Wildman–Crippen MR) is 97.2 cm³/mol. The van der Waals surface area contributed by atoms with Crippen molar-refractivity contribution in [3.05, 3.63) is 42.1 Å². The van der Waals surface area contributed by atoms with Crippen LogP contribution < -0.4 is 4.90 Å². The van der Waals surface area contributed by atoms with Crippen molar-refractivity contribution < 1.29 is 4.79 Å². The molecule has 1 saturated heterocycles. The van der Waals surface area contributed by atoms with Crippen LogP contribution >= 0.6 is 11.5 Å². The lowest BCUT2D eigenvalue weighted by Crippen LogP contribution is -2.35. The second kappa shape index (κ2) is 6.79. The highest BCUT2D eigenvalue weighted by molar-refractivity contribution is 7.09. The van der Waals surface area contributed by atoms with Gasteiger partial charge < -0.3 is 14.2 Å². The molecule has 3 aromatic heterocycles. The molecular weight excluding hydrogens is 336 g/mol. The van der Waals surface area contributed by atoms with Gasteiger partial charge in [-0.25, -0.2) is 9.97 Å². The van der Waals surface area contributed by atoms with Gasteiger partial charge in [-0.2, -0.15) is 4.37 Å². The zero-order valence-electron chi connectivity index (χ0n) is 14.1. The minimum Gasteiger partial charge on any atom is -0.345 e. The van der Waals surface area contributed by atoms with Crippen LogP contribution in [0.1, 0.15) is 29.7 Å². The molecule has 25 heavy (non-hydrogen) atoms. The van der Waals surface area contributed by atoms with Gasteiger partial charge in [-0.1, -0.05) is 13.0 Å². The number of anilines is 1. The first-order chi connectivity index (χ1) is 12.2. The van der Waals surface area contributed by atoms with Crippen LogP contribution in [0.15, 0.2) is 30.6 Å². The number of amides is 1. The van der Waals surface area contributed by atoms with Gasteiger partial charge in [0.1, 0.15) is 17.2 Å². The molecule has 0 radical (unpaired) electrons. The maximum atomic E-state index is 12.8. The van der Waals surface area contributed by atoms with Gasteiger partial charge >= 0.3 is 0 Å². The topological polar surface area (TPSA) is 66.6 Å². The van der Waals surface area contributed by atoms with E-state index in [1.165, 1.54) is 11.5 Å². The molecule has 130 valence electrons. The lowest BCUT2D eigenvalue weighted by molar-refractivity contribution is 0.0762. The molecule has 0 aliphatic carbocycles. The molecular formula is C17H20N6OS. The van der Waals surface area contributed by atoms with Crippen LogP contribution in [-0.4, -0.2) is 55.7 Å². The number of aryl methyl sites for hydroxylation is 1. The third-order valence-corrected chi connectivity index (χ3v) is 5.23. The van der Waals surface area contributed by atoms with E-state index in [9.17, 15) is 4.79 Å². The van der Waals surface area contributed by atoms with Gasteiger partial charge in [-0.3, -0.25) is 4.79 Å². The van der Waals surface area contributed by atoms with Crippen LogP contribution in [0.2, 0.25) is 0 Å². The molecule has 4 rings (SSSR count). The first-order valence-electron chi connectivity index (χ1n) is 8.55. The highest BCUT2D eigenvalue weighted by Gasteiger charge is 2.23. The molecule has 0 atom stereocenters. The summed E-state index contributed by atoms with van der Waals surface area (Å²) in [5, 5.41) is 0.957. The number of pyridine rings is 1. The molecule has 0 unspecified atom stereocenters. The summed E-state index contributed by atoms with van der Waals surface area (Å²) in [6.45, 7) is 5.14. The number of aromatic nitrogens is 4. The van der Waals surface area contributed by atoms with Gasteiger partial charge in [-0.15, -0.1) is 0 Å². The maximum Gasteiger partial charge on any atom is 0.274 e. The lowest BCUT2D eigenvalue weighted by Gasteiger charge is -2.20. The van der Waals surface area contributed by atoms with E-state index in [-0.39, 0.29) is 5.91 Å². The van der Waals surface area contributed by atoms with E-state index in [2.05, 4.69) is 26.2 Å². The van der Waals surface area contributed by atoms with Gasteiger partial charge in [0.15, 0.2) is 0 Å². The number of hydrogen-bond donors (Lipinski definition) is 0. The van der Waals surface area contributed by atoms with E-state index < -0.39 is 0 Å². The van der Waals surface area contributed by atoms with E-state index in [1.807, 2.05) is 33.7 Å². The first-order valence-corrected chi connectivity index (χ1v) is 9.32. The molecule has 0 N–H and O–H groups in total. The summed E-state index contributed by atoms with van der Waals surface area (Å²) in [5.41, 5.74) is 1.30. The zero-order valence-corrected chi connectivity index (χ0v) is 14.9. The SMILES string of the molecule is CCc1nsc(N2CCCN(C(=O)c3cn4ccccc4n3)CC2)n1. The van der Waals surface area contributed by atoms with E-state index >= 15 is 0 Å². The van der Waals surface area contributed by atoms with Gasteiger partial charge in [0.05, 0.1) is 0 Å². The third kappa shape index (κ3) is 3.21. The standard InChI is InChI=1S/C17H20N6OS/c1-2-14-19-17(25-20-14)22-9-5-8-21(10-11-22)16(24)13-12-23-7-4-3-6-15(23)18-13/h3-4,6-7,12H,2,5,8-11H2,1H3. The minimum atomic E-state index is -0.00272. The van der Waals surface area contributed by atoms with Gasteiger partial charge in [-0.05, 0) is 18.6 Å². The zero-order chi connectivity index (χ0) is 17.2. The molecule has 0 aromatic carbocycles. The van der Waals surface area contributed by atoms with Crippen LogP contribution in [0.25, 0.3) is 5.65 Å². The molecule has 8 heteroatoms. The Labute approximate surface area is 150 Å². The summed E-state index contributed by atoms with van der Waals surface area (Å²) in [6.07, 6.45) is 5.48. The molecule has 7 nitrogen and oxygen atoms in total. The van der Waals surface area contributed by atoms with Crippen molar-refractivity contribution in [3.63, 3.8) is 0 Å². The Morgan fingerprint density at radius 1 is 1.20 bits per heavy atom. The second-order valence-corrected chi connectivity index (χ2v) is 6.80. The minimum absolute atomic E-state index is 0.00272. The maximum absolute atomic E-state index is 12.8. The fourth-order valence-corrected chi connectivity index (χ4v) is 3.83. The summed E-state index contributed by atoms with van der Waals surface area (Å²) in [7, 11) is 0. The molecule has 1 aliphatic heterocycles. The summed E-state index contributed by atoms with van der Waals surface area (Å²) in [6, 6.07) is 5.76. The van der Waals surface area contributed by atoms with Crippen LogP contribution in [0.4, 0.5) is 5.13 Å². The molecule has 4 heterocycles. The van der Waals surface area contributed by atoms with Gasteiger partial charge in [0.2, 0.25) is 5.13 Å². The van der Waals surface area contributed by atoms with Crippen LogP contribution in [0.5, 0.6) is 0 Å². The Balaban J connectivity index is 1.47. The number of carbonyl (C=O) groups is 1. The third-order valence-electron chi connectivity index (χ3n) is 4.41. The smallest absolute Gasteiger partial charge is 0.274 e. The normalized spacial score (nSPS) is 15.6. The summed E-state index contributed by atoms with van der Waals surface area (Å²) in [5.74, 6) is 0.888. The lowest BCUT2D eigenvalue weighted by atomic mass is 10.3. The Hall–Kier alpha value is -2.48. The average molecular weight is 356 g/mol. The van der Waals surface area contributed by atoms with Crippen LogP contribution in [0.3, 0.4) is 0 Å². The second-order valence-electron chi connectivity index (χ2n) is 6.07. The Morgan fingerprint density at radius 3 is 2.92 bits per heavy atom. The van der Waals surface area contributed by atoms with Crippen molar-refractivity contribution >= 4 is 28.2 Å². The van der Waals surface area contributed by atoms with Crippen molar-refractivity contribution in [2.45, 2.75) is 19.8 Å². The fraction of sp³-hybridized carbons (Fsp3) is 0.412. The molecule has 0 saturated carbocycles. The van der Waals surface area contributed by atoms with Crippen molar-refractivity contribution in [1.82, 2.24) is 23.6 Å². The van der Waals surface area contributed by atoms with E-state index in [1.54, 1.807) is 6.20 Å². The number of imidazole rings is 1. The number of fused-ring (bicyclic) bond motifs is 1. The molecule has 3 aromatic rings. The van der Waals surface area contributed by atoms with Crippen molar-refractivity contribution in [2.75, 3.05) is 31.1 Å². The fourth-order valence-electron chi connectivity index (χ4n) is 3.03. The monoisotopic (exact) mass is 356 g/mol. The Morgan fingerprint density at radius 2 is 2.12 bits per heavy atom. The van der Waals surface area contributed by atoms with E-state index in [0.29, 0.717) is 12.2 Å². The molecule has 1 amide bonds. The Kier molecular flexibility index (Phi) is 4.35.